The maximum absolute atomic E-state index is 12.3. The fraction of sp³-hybridized carbons (Fsp3) is 0.316. The van der Waals surface area contributed by atoms with Crippen molar-refractivity contribution in [3.05, 3.63) is 64.7 Å². The van der Waals surface area contributed by atoms with Crippen LogP contribution in [0.4, 0.5) is 0 Å². The molecule has 0 saturated carbocycles. The molecule has 1 amide bonds. The molecule has 0 saturated heterocycles. The van der Waals surface area contributed by atoms with Gasteiger partial charge in [0.05, 0.1) is 6.04 Å². The number of rotatable bonds is 4. The second kappa shape index (κ2) is 7.41. The number of nitrogens with one attached hydrogen (secondary N) is 1. The van der Waals surface area contributed by atoms with Gasteiger partial charge in [0.1, 0.15) is 0 Å². The summed E-state index contributed by atoms with van der Waals surface area (Å²) in [5.74, 6) is 1.50. The summed E-state index contributed by atoms with van der Waals surface area (Å²) in [6, 6.07) is 14.8. The molecule has 1 aliphatic heterocycles. The molecule has 0 aliphatic carbocycles. The summed E-state index contributed by atoms with van der Waals surface area (Å²) in [5.41, 5.74) is 4.89. The molecule has 2 aromatic carbocycles. The summed E-state index contributed by atoms with van der Waals surface area (Å²) in [5, 5.41) is 3.22. The number of amides is 1. The SMILES string of the molecule is Cc1ccc2c(c1)C(NC(=O)CCCCl)c1ccccc1CS2. The molecule has 0 fully saturated rings. The number of halogens is 1. The van der Waals surface area contributed by atoms with Gasteiger partial charge in [0.25, 0.3) is 0 Å². The molecule has 4 heteroatoms. The van der Waals surface area contributed by atoms with Crippen LogP contribution < -0.4 is 5.32 Å². The van der Waals surface area contributed by atoms with Crippen molar-refractivity contribution in [2.24, 2.45) is 0 Å². The highest BCUT2D eigenvalue weighted by Crippen LogP contribution is 2.39. The Labute approximate surface area is 146 Å². The maximum Gasteiger partial charge on any atom is 0.220 e. The van der Waals surface area contributed by atoms with Crippen LogP contribution >= 0.6 is 23.4 Å². The zero-order valence-corrected chi connectivity index (χ0v) is 14.7. The number of hydrogen-bond acceptors (Lipinski definition) is 2. The summed E-state index contributed by atoms with van der Waals surface area (Å²) in [6.07, 6.45) is 1.17. The predicted molar refractivity (Wildman–Crippen MR) is 97.1 cm³/mol. The van der Waals surface area contributed by atoms with Gasteiger partial charge in [0, 0.05) is 22.9 Å². The van der Waals surface area contributed by atoms with Gasteiger partial charge in [-0.3, -0.25) is 4.79 Å². The van der Waals surface area contributed by atoms with Crippen molar-refractivity contribution in [2.45, 2.75) is 36.5 Å². The number of carbonyl (C=O) groups is 1. The fourth-order valence-electron chi connectivity index (χ4n) is 2.91. The summed E-state index contributed by atoms with van der Waals surface area (Å²) in [7, 11) is 0. The molecule has 1 heterocycles. The van der Waals surface area contributed by atoms with Crippen molar-refractivity contribution < 1.29 is 4.79 Å². The van der Waals surface area contributed by atoms with Gasteiger partial charge in [-0.2, -0.15) is 0 Å². The van der Waals surface area contributed by atoms with Crippen molar-refractivity contribution in [1.82, 2.24) is 5.32 Å². The van der Waals surface area contributed by atoms with Gasteiger partial charge in [0.2, 0.25) is 5.91 Å². The third kappa shape index (κ3) is 3.73. The molecular formula is C19H20ClNOS. The fourth-order valence-corrected chi connectivity index (χ4v) is 4.13. The minimum absolute atomic E-state index is 0.0600. The molecule has 23 heavy (non-hydrogen) atoms. The minimum Gasteiger partial charge on any atom is -0.345 e. The standard InChI is InChI=1S/C19H20ClNOS/c1-13-8-9-17-16(11-13)19(21-18(22)7-4-10-20)15-6-3-2-5-14(15)12-23-17/h2-3,5-6,8-9,11,19H,4,7,10,12H2,1H3,(H,21,22). The van der Waals surface area contributed by atoms with Crippen LogP contribution in [0.1, 0.15) is 41.1 Å². The third-order valence-electron chi connectivity index (χ3n) is 4.07. The molecule has 2 nitrogen and oxygen atoms in total. The molecule has 2 aromatic rings. The van der Waals surface area contributed by atoms with Crippen molar-refractivity contribution in [2.75, 3.05) is 5.88 Å². The lowest BCUT2D eigenvalue weighted by Crippen LogP contribution is -2.29. The van der Waals surface area contributed by atoms with E-state index in [1.807, 2.05) is 17.8 Å². The van der Waals surface area contributed by atoms with E-state index in [4.69, 9.17) is 11.6 Å². The van der Waals surface area contributed by atoms with E-state index in [1.54, 1.807) is 0 Å². The molecular weight excluding hydrogens is 326 g/mol. The highest BCUT2D eigenvalue weighted by Gasteiger charge is 2.25. The van der Waals surface area contributed by atoms with E-state index in [1.165, 1.54) is 27.1 Å². The zero-order chi connectivity index (χ0) is 16.2. The number of fused-ring (bicyclic) bond motifs is 2. The molecule has 1 unspecified atom stereocenters. The molecule has 0 spiro atoms. The molecule has 3 rings (SSSR count). The molecule has 1 N–H and O–H groups in total. The molecule has 1 aliphatic rings. The Morgan fingerprint density at radius 3 is 2.91 bits per heavy atom. The Bertz CT molecular complexity index is 716. The number of benzene rings is 2. The summed E-state index contributed by atoms with van der Waals surface area (Å²) >= 11 is 7.55. The van der Waals surface area contributed by atoms with Crippen molar-refractivity contribution in [3.63, 3.8) is 0 Å². The number of carbonyl (C=O) groups excluding carboxylic acids is 1. The second-order valence-corrected chi connectivity index (χ2v) is 7.22. The normalized spacial score (nSPS) is 16.2. The van der Waals surface area contributed by atoms with E-state index >= 15 is 0 Å². The molecule has 120 valence electrons. The van der Waals surface area contributed by atoms with E-state index in [-0.39, 0.29) is 11.9 Å². The first-order valence-corrected chi connectivity index (χ1v) is 9.37. The largest absolute Gasteiger partial charge is 0.345 e. The van der Waals surface area contributed by atoms with Gasteiger partial charge in [-0.25, -0.2) is 0 Å². The van der Waals surface area contributed by atoms with Crippen molar-refractivity contribution in [1.29, 1.82) is 0 Å². The Balaban J connectivity index is 2.01. The van der Waals surface area contributed by atoms with E-state index < -0.39 is 0 Å². The highest BCUT2D eigenvalue weighted by molar-refractivity contribution is 7.98. The first-order chi connectivity index (χ1) is 11.2. The van der Waals surface area contributed by atoms with Gasteiger partial charge in [-0.15, -0.1) is 23.4 Å². The summed E-state index contributed by atoms with van der Waals surface area (Å²) < 4.78 is 0. The summed E-state index contributed by atoms with van der Waals surface area (Å²) in [6.45, 7) is 2.09. The van der Waals surface area contributed by atoms with E-state index in [9.17, 15) is 4.79 Å². The average Bonchev–Trinajstić information content (AvgIpc) is 2.71. The van der Waals surface area contributed by atoms with Crippen molar-refractivity contribution in [3.8, 4) is 0 Å². The lowest BCUT2D eigenvalue weighted by Gasteiger charge is -2.22. The van der Waals surface area contributed by atoms with Crippen LogP contribution in [0.25, 0.3) is 0 Å². The monoisotopic (exact) mass is 345 g/mol. The topological polar surface area (TPSA) is 29.1 Å². The quantitative estimate of drug-likeness (QED) is 0.804. The van der Waals surface area contributed by atoms with E-state index in [0.29, 0.717) is 18.7 Å². The van der Waals surface area contributed by atoms with Crippen LogP contribution in [0.15, 0.2) is 47.4 Å². The minimum atomic E-state index is -0.0843. The Morgan fingerprint density at radius 2 is 2.09 bits per heavy atom. The molecule has 0 aromatic heterocycles. The lowest BCUT2D eigenvalue weighted by molar-refractivity contribution is -0.121. The van der Waals surface area contributed by atoms with Crippen LogP contribution in [0.2, 0.25) is 0 Å². The Kier molecular flexibility index (Phi) is 5.29. The van der Waals surface area contributed by atoms with Gasteiger partial charge >= 0.3 is 0 Å². The predicted octanol–water partition coefficient (Wildman–Crippen LogP) is 4.83. The Hall–Kier alpha value is -1.45. The van der Waals surface area contributed by atoms with Crippen molar-refractivity contribution >= 4 is 29.3 Å². The first kappa shape index (κ1) is 16.4. The number of thioether (sulfide) groups is 1. The van der Waals surface area contributed by atoms with Gasteiger partial charge < -0.3 is 5.32 Å². The van der Waals surface area contributed by atoms with Crippen LogP contribution in [0.3, 0.4) is 0 Å². The molecule has 1 atom stereocenters. The van der Waals surface area contributed by atoms with Gasteiger partial charge in [-0.1, -0.05) is 42.0 Å². The van der Waals surface area contributed by atoms with Crippen LogP contribution in [0.5, 0.6) is 0 Å². The molecule has 0 radical (unpaired) electrons. The van der Waals surface area contributed by atoms with E-state index in [0.717, 1.165) is 5.75 Å². The van der Waals surface area contributed by atoms with Gasteiger partial charge in [0.15, 0.2) is 0 Å². The zero-order valence-electron chi connectivity index (χ0n) is 13.1. The Morgan fingerprint density at radius 1 is 1.26 bits per heavy atom. The van der Waals surface area contributed by atoms with Crippen LogP contribution in [-0.2, 0) is 10.5 Å². The number of aryl methyl sites for hydroxylation is 1. The maximum atomic E-state index is 12.3. The first-order valence-electron chi connectivity index (χ1n) is 7.85. The van der Waals surface area contributed by atoms with Gasteiger partial charge in [-0.05, 0) is 36.1 Å². The average molecular weight is 346 g/mol. The third-order valence-corrected chi connectivity index (χ3v) is 5.47. The number of alkyl halides is 1. The smallest absolute Gasteiger partial charge is 0.220 e. The molecule has 0 bridgehead atoms. The highest BCUT2D eigenvalue weighted by atomic mass is 35.5. The van der Waals surface area contributed by atoms with Crippen LogP contribution in [-0.4, -0.2) is 11.8 Å². The van der Waals surface area contributed by atoms with E-state index in [2.05, 4.69) is 48.6 Å². The number of hydrogen-bond donors (Lipinski definition) is 1. The lowest BCUT2D eigenvalue weighted by atomic mass is 9.94. The summed E-state index contributed by atoms with van der Waals surface area (Å²) in [4.78, 5) is 13.6. The second-order valence-electron chi connectivity index (χ2n) is 5.82. The van der Waals surface area contributed by atoms with Crippen LogP contribution in [0, 0.1) is 6.92 Å².